The standard InChI is InChI=1S/C25H22N4OS/c1-2-17-12-14-19(15-13-17)23-26-21-11-7-6-10-20(21)22-24(30-23)27-25(29-28-22)31-16-18-8-4-3-5-9-18/h3-15,23,26H,2,16H2,1H3/t23-/m0/s1. The average molecular weight is 427 g/mol. The van der Waals surface area contributed by atoms with Gasteiger partial charge in [-0.05, 0) is 23.6 Å². The van der Waals surface area contributed by atoms with Crippen LogP contribution in [0.25, 0.3) is 11.3 Å². The van der Waals surface area contributed by atoms with Crippen molar-refractivity contribution >= 4 is 17.4 Å². The van der Waals surface area contributed by atoms with Crippen molar-refractivity contribution in [2.45, 2.75) is 30.5 Å². The van der Waals surface area contributed by atoms with Gasteiger partial charge in [0.05, 0.1) is 0 Å². The zero-order valence-corrected chi connectivity index (χ0v) is 18.0. The summed E-state index contributed by atoms with van der Waals surface area (Å²) < 4.78 is 6.35. The Kier molecular flexibility index (Phi) is 5.54. The van der Waals surface area contributed by atoms with Crippen molar-refractivity contribution in [1.29, 1.82) is 0 Å². The van der Waals surface area contributed by atoms with Gasteiger partial charge in [0.15, 0.2) is 11.9 Å². The minimum absolute atomic E-state index is 0.364. The first kappa shape index (κ1) is 19.6. The van der Waals surface area contributed by atoms with Gasteiger partial charge in [-0.25, -0.2) is 0 Å². The van der Waals surface area contributed by atoms with Crippen LogP contribution in [0.5, 0.6) is 5.88 Å². The van der Waals surface area contributed by atoms with E-state index in [-0.39, 0.29) is 6.23 Å². The number of hydrogen-bond acceptors (Lipinski definition) is 6. The van der Waals surface area contributed by atoms with Crippen LogP contribution in [0.2, 0.25) is 0 Å². The summed E-state index contributed by atoms with van der Waals surface area (Å²) in [6, 6.07) is 26.8. The van der Waals surface area contributed by atoms with Crippen LogP contribution in [-0.4, -0.2) is 15.2 Å². The van der Waals surface area contributed by atoms with E-state index in [2.05, 4.69) is 58.8 Å². The van der Waals surface area contributed by atoms with Gasteiger partial charge in [-0.3, -0.25) is 0 Å². The Balaban J connectivity index is 1.48. The molecule has 6 heteroatoms. The fourth-order valence-corrected chi connectivity index (χ4v) is 4.24. The lowest BCUT2D eigenvalue weighted by atomic mass is 10.1. The van der Waals surface area contributed by atoms with E-state index in [9.17, 15) is 0 Å². The van der Waals surface area contributed by atoms with Gasteiger partial charge in [-0.2, -0.15) is 4.98 Å². The summed E-state index contributed by atoms with van der Waals surface area (Å²) in [7, 11) is 0. The quantitative estimate of drug-likeness (QED) is 0.401. The smallest absolute Gasteiger partial charge is 0.247 e. The summed E-state index contributed by atoms with van der Waals surface area (Å²) >= 11 is 1.55. The van der Waals surface area contributed by atoms with Crippen molar-refractivity contribution < 1.29 is 4.74 Å². The number of benzene rings is 3. The number of nitrogens with one attached hydrogen (secondary N) is 1. The highest BCUT2D eigenvalue weighted by Crippen LogP contribution is 2.39. The van der Waals surface area contributed by atoms with Crippen LogP contribution in [0.4, 0.5) is 5.69 Å². The van der Waals surface area contributed by atoms with Crippen LogP contribution in [0.1, 0.15) is 29.8 Å². The van der Waals surface area contributed by atoms with Gasteiger partial charge in [0.2, 0.25) is 11.0 Å². The number of aromatic nitrogens is 3. The molecule has 1 N–H and O–H groups in total. The molecule has 0 spiro atoms. The van der Waals surface area contributed by atoms with Gasteiger partial charge < -0.3 is 10.1 Å². The van der Waals surface area contributed by atoms with E-state index >= 15 is 0 Å². The van der Waals surface area contributed by atoms with Crippen LogP contribution in [-0.2, 0) is 12.2 Å². The second-order valence-electron chi connectivity index (χ2n) is 7.31. The maximum absolute atomic E-state index is 6.35. The first-order valence-electron chi connectivity index (χ1n) is 10.3. The van der Waals surface area contributed by atoms with Crippen LogP contribution >= 0.6 is 11.8 Å². The number of ether oxygens (including phenoxy) is 1. The number of nitrogens with zero attached hydrogens (tertiary/aromatic N) is 3. The SMILES string of the molecule is CCc1ccc([C@H]2Nc3ccccc3-c3nnc(SCc4ccccc4)nc3O2)cc1. The number of aryl methyl sites for hydroxylation is 1. The Morgan fingerprint density at radius 1 is 0.871 bits per heavy atom. The maximum atomic E-state index is 6.35. The lowest BCUT2D eigenvalue weighted by Gasteiger charge is -2.19. The molecule has 1 aliphatic rings. The molecule has 1 aliphatic heterocycles. The third-order valence-corrected chi connectivity index (χ3v) is 6.14. The predicted molar refractivity (Wildman–Crippen MR) is 124 cm³/mol. The first-order chi connectivity index (χ1) is 15.3. The molecule has 0 saturated heterocycles. The summed E-state index contributed by atoms with van der Waals surface area (Å²) in [4.78, 5) is 4.72. The van der Waals surface area contributed by atoms with Crippen molar-refractivity contribution in [2.24, 2.45) is 0 Å². The summed E-state index contributed by atoms with van der Waals surface area (Å²) in [5.41, 5.74) is 6.09. The van der Waals surface area contributed by atoms with E-state index in [4.69, 9.17) is 9.72 Å². The second kappa shape index (κ2) is 8.78. The van der Waals surface area contributed by atoms with E-state index in [1.54, 1.807) is 11.8 Å². The van der Waals surface area contributed by atoms with E-state index in [0.29, 0.717) is 16.7 Å². The van der Waals surface area contributed by atoms with Crippen molar-refractivity contribution in [3.05, 3.63) is 95.6 Å². The molecule has 0 radical (unpaired) electrons. The van der Waals surface area contributed by atoms with E-state index < -0.39 is 0 Å². The van der Waals surface area contributed by atoms with Gasteiger partial charge in [-0.15, -0.1) is 10.2 Å². The number of anilines is 1. The number of hydrogen-bond donors (Lipinski definition) is 1. The molecule has 0 bridgehead atoms. The molecule has 1 atom stereocenters. The molecule has 0 unspecified atom stereocenters. The molecule has 4 aromatic rings. The lowest BCUT2D eigenvalue weighted by molar-refractivity contribution is 0.225. The highest BCUT2D eigenvalue weighted by Gasteiger charge is 2.26. The number of thioether (sulfide) groups is 1. The molecule has 0 amide bonds. The Hall–Kier alpha value is -3.38. The Morgan fingerprint density at radius 3 is 2.45 bits per heavy atom. The molecule has 0 saturated carbocycles. The second-order valence-corrected chi connectivity index (χ2v) is 8.25. The van der Waals surface area contributed by atoms with Crippen molar-refractivity contribution in [1.82, 2.24) is 15.2 Å². The molecule has 5 rings (SSSR count). The van der Waals surface area contributed by atoms with Crippen molar-refractivity contribution in [2.75, 3.05) is 5.32 Å². The Labute approximate surface area is 185 Å². The minimum atomic E-state index is -0.364. The summed E-state index contributed by atoms with van der Waals surface area (Å²) in [5.74, 6) is 1.27. The topological polar surface area (TPSA) is 59.9 Å². The number of rotatable bonds is 5. The van der Waals surface area contributed by atoms with Crippen LogP contribution in [0.15, 0.2) is 84.0 Å². The van der Waals surface area contributed by atoms with E-state index in [1.807, 2.05) is 42.5 Å². The third kappa shape index (κ3) is 4.25. The fourth-order valence-electron chi connectivity index (χ4n) is 3.51. The molecular weight excluding hydrogens is 404 g/mol. The van der Waals surface area contributed by atoms with Crippen molar-refractivity contribution in [3.8, 4) is 17.1 Å². The van der Waals surface area contributed by atoms with Gasteiger partial charge in [0.25, 0.3) is 0 Å². The lowest BCUT2D eigenvalue weighted by Crippen LogP contribution is -2.17. The summed E-state index contributed by atoms with van der Waals surface area (Å²) in [5, 5.41) is 13.0. The number of para-hydroxylation sites is 1. The third-order valence-electron chi connectivity index (χ3n) is 5.24. The molecule has 3 aromatic carbocycles. The predicted octanol–water partition coefficient (Wildman–Crippen LogP) is 5.90. The molecule has 0 aliphatic carbocycles. The van der Waals surface area contributed by atoms with Crippen LogP contribution in [0.3, 0.4) is 0 Å². The van der Waals surface area contributed by atoms with E-state index in [0.717, 1.165) is 29.0 Å². The first-order valence-corrected chi connectivity index (χ1v) is 11.3. The Morgan fingerprint density at radius 2 is 1.65 bits per heavy atom. The van der Waals surface area contributed by atoms with Crippen LogP contribution in [0, 0.1) is 0 Å². The van der Waals surface area contributed by atoms with Gasteiger partial charge in [-0.1, -0.05) is 91.5 Å². The normalized spacial score (nSPS) is 14.5. The highest BCUT2D eigenvalue weighted by atomic mass is 32.2. The monoisotopic (exact) mass is 426 g/mol. The van der Waals surface area contributed by atoms with Crippen LogP contribution < -0.4 is 10.1 Å². The summed E-state index contributed by atoms with van der Waals surface area (Å²) in [6.07, 6.45) is 0.640. The molecule has 1 aromatic heterocycles. The zero-order valence-electron chi connectivity index (χ0n) is 17.2. The Bertz CT molecular complexity index is 1180. The number of fused-ring (bicyclic) bond motifs is 3. The molecule has 154 valence electrons. The molecule has 31 heavy (non-hydrogen) atoms. The van der Waals surface area contributed by atoms with Crippen molar-refractivity contribution in [3.63, 3.8) is 0 Å². The average Bonchev–Trinajstić information content (AvgIpc) is 3.00. The largest absolute Gasteiger partial charge is 0.448 e. The van der Waals surface area contributed by atoms with E-state index in [1.165, 1.54) is 11.1 Å². The molecule has 2 heterocycles. The molecule has 0 fully saturated rings. The maximum Gasteiger partial charge on any atom is 0.247 e. The van der Waals surface area contributed by atoms with Gasteiger partial charge in [0, 0.05) is 22.6 Å². The molecular formula is C25H22N4OS. The van der Waals surface area contributed by atoms with Gasteiger partial charge >= 0.3 is 0 Å². The fraction of sp³-hybridized carbons (Fsp3) is 0.160. The highest BCUT2D eigenvalue weighted by molar-refractivity contribution is 7.98. The zero-order chi connectivity index (χ0) is 21.0. The summed E-state index contributed by atoms with van der Waals surface area (Å²) in [6.45, 7) is 2.15. The van der Waals surface area contributed by atoms with Gasteiger partial charge in [0.1, 0.15) is 0 Å². The minimum Gasteiger partial charge on any atom is -0.448 e. The molecule has 5 nitrogen and oxygen atoms in total.